The summed E-state index contributed by atoms with van der Waals surface area (Å²) in [6, 6.07) is 10.6. The fraction of sp³-hybridized carbons (Fsp3) is 0.538. The maximum atomic E-state index is 2.33. The molecule has 0 radical (unpaired) electrons. The van der Waals surface area contributed by atoms with Gasteiger partial charge in [-0.1, -0.05) is 38.5 Å². The number of rotatable bonds is 5. The molecule has 0 aliphatic carbocycles. The lowest BCUT2D eigenvalue weighted by atomic mass is 10.1. The number of hydrogen-bond donors (Lipinski definition) is 0. The molecule has 0 aliphatic heterocycles. The van der Waals surface area contributed by atoms with Crippen LogP contribution >= 0.6 is 0 Å². The molecule has 0 bridgehead atoms. The highest BCUT2D eigenvalue weighted by molar-refractivity contribution is 5.44. The largest absolute Gasteiger partial charge is 0.374 e. The van der Waals surface area contributed by atoms with E-state index in [1.54, 1.807) is 0 Å². The summed E-state index contributed by atoms with van der Waals surface area (Å²) >= 11 is 0. The van der Waals surface area contributed by atoms with Gasteiger partial charge in [-0.25, -0.2) is 0 Å². The monoisotopic (exact) mass is 191 g/mol. The van der Waals surface area contributed by atoms with Crippen molar-refractivity contribution in [3.05, 3.63) is 30.3 Å². The van der Waals surface area contributed by atoms with Crippen molar-refractivity contribution in [3.63, 3.8) is 0 Å². The molecule has 0 N–H and O–H groups in total. The molecule has 0 fully saturated rings. The van der Waals surface area contributed by atoms with E-state index in [0.29, 0.717) is 0 Å². The molecule has 0 saturated carbocycles. The molecule has 78 valence electrons. The van der Waals surface area contributed by atoms with Gasteiger partial charge < -0.3 is 4.90 Å². The fourth-order valence-electron chi connectivity index (χ4n) is 1.84. The van der Waals surface area contributed by atoms with Gasteiger partial charge in [0, 0.05) is 19.3 Å². The molecular formula is C13H21N. The lowest BCUT2D eigenvalue weighted by Crippen LogP contribution is -2.23. The third-order valence-corrected chi connectivity index (χ3v) is 2.56. The zero-order valence-corrected chi connectivity index (χ0v) is 9.53. The van der Waals surface area contributed by atoms with Crippen LogP contribution < -0.4 is 4.90 Å². The van der Waals surface area contributed by atoms with E-state index in [9.17, 15) is 0 Å². The second-order valence-electron chi connectivity index (χ2n) is 4.11. The van der Waals surface area contributed by atoms with Crippen molar-refractivity contribution in [2.24, 2.45) is 5.92 Å². The van der Waals surface area contributed by atoms with Crippen molar-refractivity contribution >= 4 is 5.69 Å². The molecule has 1 heteroatoms. The summed E-state index contributed by atoms with van der Waals surface area (Å²) in [5.74, 6) is 0.783. The molecule has 0 saturated heterocycles. The van der Waals surface area contributed by atoms with Crippen molar-refractivity contribution < 1.29 is 0 Å². The summed E-state index contributed by atoms with van der Waals surface area (Å²) in [5, 5.41) is 0. The van der Waals surface area contributed by atoms with E-state index in [1.807, 2.05) is 0 Å². The maximum absolute atomic E-state index is 2.33. The molecule has 1 rings (SSSR count). The Labute approximate surface area is 87.7 Å². The Balaban J connectivity index is 2.46. The summed E-state index contributed by atoms with van der Waals surface area (Å²) < 4.78 is 0. The zero-order chi connectivity index (χ0) is 10.4. The van der Waals surface area contributed by atoms with Crippen molar-refractivity contribution in [1.29, 1.82) is 0 Å². The summed E-state index contributed by atoms with van der Waals surface area (Å²) in [6.07, 6.45) is 2.60. The van der Waals surface area contributed by atoms with Crippen LogP contribution in [0.4, 0.5) is 5.69 Å². The van der Waals surface area contributed by atoms with Gasteiger partial charge in [-0.3, -0.25) is 0 Å². The highest BCUT2D eigenvalue weighted by Gasteiger charge is 2.05. The molecule has 14 heavy (non-hydrogen) atoms. The Kier molecular flexibility index (Phi) is 4.51. The number of hydrogen-bond acceptors (Lipinski definition) is 1. The minimum atomic E-state index is 0.783. The SMILES string of the molecule is CCCC(C)CN(C)c1ccccc1. The van der Waals surface area contributed by atoms with Crippen LogP contribution in [-0.2, 0) is 0 Å². The summed E-state index contributed by atoms with van der Waals surface area (Å²) in [7, 11) is 2.17. The van der Waals surface area contributed by atoms with Crippen LogP contribution in [-0.4, -0.2) is 13.6 Å². The van der Waals surface area contributed by atoms with Crippen molar-refractivity contribution in [1.82, 2.24) is 0 Å². The Morgan fingerprint density at radius 2 is 1.86 bits per heavy atom. The first kappa shape index (κ1) is 11.1. The fourth-order valence-corrected chi connectivity index (χ4v) is 1.84. The van der Waals surface area contributed by atoms with Crippen LogP contribution in [0.25, 0.3) is 0 Å². The minimum absolute atomic E-state index is 0.783. The first-order valence-electron chi connectivity index (χ1n) is 5.50. The van der Waals surface area contributed by atoms with Crippen molar-refractivity contribution in [3.8, 4) is 0 Å². The molecular weight excluding hydrogens is 170 g/mol. The van der Waals surface area contributed by atoms with Crippen LogP contribution in [0.2, 0.25) is 0 Å². The Morgan fingerprint density at radius 1 is 1.21 bits per heavy atom. The van der Waals surface area contributed by atoms with Crippen molar-refractivity contribution in [2.75, 3.05) is 18.5 Å². The summed E-state index contributed by atoms with van der Waals surface area (Å²) in [5.41, 5.74) is 1.32. The standard InChI is InChI=1S/C13H21N/c1-4-8-12(2)11-14(3)13-9-6-5-7-10-13/h5-7,9-10,12H,4,8,11H2,1-3H3. The molecule has 0 amide bonds. The Bertz CT molecular complexity index is 243. The summed E-state index contributed by atoms with van der Waals surface area (Å²) in [4.78, 5) is 2.33. The summed E-state index contributed by atoms with van der Waals surface area (Å²) in [6.45, 7) is 5.72. The van der Waals surface area contributed by atoms with Crippen LogP contribution in [0, 0.1) is 5.92 Å². The predicted octanol–water partition coefficient (Wildman–Crippen LogP) is 3.56. The molecule has 1 atom stereocenters. The lowest BCUT2D eigenvalue weighted by Gasteiger charge is -2.23. The van der Waals surface area contributed by atoms with E-state index in [-0.39, 0.29) is 0 Å². The second kappa shape index (κ2) is 5.69. The molecule has 1 unspecified atom stereocenters. The van der Waals surface area contributed by atoms with E-state index in [0.717, 1.165) is 12.5 Å². The van der Waals surface area contributed by atoms with Crippen LogP contribution in [0.3, 0.4) is 0 Å². The third kappa shape index (κ3) is 3.41. The predicted molar refractivity (Wildman–Crippen MR) is 63.8 cm³/mol. The van der Waals surface area contributed by atoms with Gasteiger partial charge in [0.1, 0.15) is 0 Å². The molecule has 1 nitrogen and oxygen atoms in total. The number of benzene rings is 1. The average Bonchev–Trinajstić information content (AvgIpc) is 2.19. The molecule has 1 aromatic rings. The van der Waals surface area contributed by atoms with Gasteiger partial charge in [0.05, 0.1) is 0 Å². The third-order valence-electron chi connectivity index (χ3n) is 2.56. The molecule has 0 aliphatic rings. The Morgan fingerprint density at radius 3 is 2.43 bits per heavy atom. The Hall–Kier alpha value is -0.980. The van der Waals surface area contributed by atoms with Crippen molar-refractivity contribution in [2.45, 2.75) is 26.7 Å². The maximum Gasteiger partial charge on any atom is 0.0363 e. The topological polar surface area (TPSA) is 3.24 Å². The second-order valence-corrected chi connectivity index (χ2v) is 4.11. The van der Waals surface area contributed by atoms with Gasteiger partial charge in [-0.15, -0.1) is 0 Å². The lowest BCUT2D eigenvalue weighted by molar-refractivity contribution is 0.524. The van der Waals surface area contributed by atoms with Crippen LogP contribution in [0.15, 0.2) is 30.3 Å². The highest BCUT2D eigenvalue weighted by atomic mass is 15.1. The smallest absolute Gasteiger partial charge is 0.0363 e. The quantitative estimate of drug-likeness (QED) is 0.688. The number of nitrogens with zero attached hydrogens (tertiary/aromatic N) is 1. The van der Waals surface area contributed by atoms with E-state index in [4.69, 9.17) is 0 Å². The minimum Gasteiger partial charge on any atom is -0.374 e. The van der Waals surface area contributed by atoms with Crippen LogP contribution in [0.5, 0.6) is 0 Å². The average molecular weight is 191 g/mol. The molecule has 0 spiro atoms. The normalized spacial score (nSPS) is 12.5. The first-order valence-corrected chi connectivity index (χ1v) is 5.50. The first-order chi connectivity index (χ1) is 6.74. The van der Waals surface area contributed by atoms with Crippen LogP contribution in [0.1, 0.15) is 26.7 Å². The van der Waals surface area contributed by atoms with Gasteiger partial charge in [0.15, 0.2) is 0 Å². The van der Waals surface area contributed by atoms with Gasteiger partial charge in [-0.05, 0) is 24.5 Å². The zero-order valence-electron chi connectivity index (χ0n) is 9.53. The number of para-hydroxylation sites is 1. The van der Waals surface area contributed by atoms with Gasteiger partial charge >= 0.3 is 0 Å². The van der Waals surface area contributed by atoms with E-state index < -0.39 is 0 Å². The van der Waals surface area contributed by atoms with Gasteiger partial charge in [-0.2, -0.15) is 0 Å². The van der Waals surface area contributed by atoms with E-state index in [2.05, 4.69) is 56.1 Å². The van der Waals surface area contributed by atoms with E-state index in [1.165, 1.54) is 18.5 Å². The van der Waals surface area contributed by atoms with E-state index >= 15 is 0 Å². The molecule has 1 aromatic carbocycles. The highest BCUT2D eigenvalue weighted by Crippen LogP contribution is 2.14. The molecule has 0 heterocycles. The van der Waals surface area contributed by atoms with Gasteiger partial charge in [0.25, 0.3) is 0 Å². The van der Waals surface area contributed by atoms with Gasteiger partial charge in [0.2, 0.25) is 0 Å². The number of anilines is 1. The molecule has 0 aromatic heterocycles.